The van der Waals surface area contributed by atoms with E-state index in [0.717, 1.165) is 19.6 Å². The molecule has 3 heteroatoms. The Morgan fingerprint density at radius 3 is 2.65 bits per heavy atom. The second kappa shape index (κ2) is 7.06. The van der Waals surface area contributed by atoms with Crippen LogP contribution in [0.3, 0.4) is 0 Å². The Bertz CT molecular complexity index is 493. The molecule has 1 unspecified atom stereocenters. The largest absolute Gasteiger partial charge is 0.330 e. The number of likely N-dealkylation sites (N-methyl/N-ethyl adjacent to an activating group) is 1. The third-order valence-electron chi connectivity index (χ3n) is 3.59. The molecule has 106 valence electrons. The predicted octanol–water partition coefficient (Wildman–Crippen LogP) is 2.63. The number of nitrogens with zero attached hydrogens (tertiary/aromatic N) is 2. The maximum absolute atomic E-state index is 12.4. The Balaban J connectivity index is 2.18. The van der Waals surface area contributed by atoms with Gasteiger partial charge in [0, 0.05) is 25.7 Å². The van der Waals surface area contributed by atoms with E-state index < -0.39 is 0 Å². The monoisotopic (exact) mass is 270 g/mol. The zero-order valence-electron chi connectivity index (χ0n) is 12.2. The Morgan fingerprint density at radius 1 is 1.20 bits per heavy atom. The highest BCUT2D eigenvalue weighted by atomic mass is 16.2. The molecular weight excluding hydrogens is 248 g/mol. The summed E-state index contributed by atoms with van der Waals surface area (Å²) in [6.45, 7) is 4.52. The Morgan fingerprint density at radius 2 is 1.95 bits per heavy atom. The molecule has 1 fully saturated rings. The van der Waals surface area contributed by atoms with Gasteiger partial charge in [-0.25, -0.2) is 0 Å². The first-order valence-corrected chi connectivity index (χ1v) is 7.06. The number of piperazine rings is 1. The quantitative estimate of drug-likeness (QED) is 0.622. The summed E-state index contributed by atoms with van der Waals surface area (Å²) in [6, 6.07) is 10.4. The van der Waals surface area contributed by atoms with Gasteiger partial charge in [0.05, 0.1) is 6.04 Å². The van der Waals surface area contributed by atoms with E-state index in [1.165, 1.54) is 5.56 Å². The lowest BCUT2D eigenvalue weighted by molar-refractivity contribution is -0.130. The van der Waals surface area contributed by atoms with Crippen molar-refractivity contribution in [2.75, 3.05) is 26.7 Å². The van der Waals surface area contributed by atoms with Gasteiger partial charge in [-0.3, -0.25) is 4.79 Å². The number of rotatable bonds is 3. The molecule has 0 aliphatic carbocycles. The van der Waals surface area contributed by atoms with Gasteiger partial charge in [0.25, 0.3) is 0 Å². The van der Waals surface area contributed by atoms with Gasteiger partial charge in [-0.15, -0.1) is 0 Å². The van der Waals surface area contributed by atoms with Crippen molar-refractivity contribution in [3.05, 3.63) is 60.2 Å². The molecule has 1 heterocycles. The van der Waals surface area contributed by atoms with Crippen molar-refractivity contribution in [2.24, 2.45) is 0 Å². The first-order chi connectivity index (χ1) is 9.72. The predicted molar refractivity (Wildman–Crippen MR) is 82.3 cm³/mol. The summed E-state index contributed by atoms with van der Waals surface area (Å²) in [4.78, 5) is 16.6. The summed E-state index contributed by atoms with van der Waals surface area (Å²) in [6.07, 6.45) is 7.26. The highest BCUT2D eigenvalue weighted by Gasteiger charge is 2.28. The maximum atomic E-state index is 12.4. The normalized spacial score (nSPS) is 20.9. The van der Waals surface area contributed by atoms with Gasteiger partial charge < -0.3 is 9.80 Å². The van der Waals surface area contributed by atoms with Crippen LogP contribution in [0.25, 0.3) is 0 Å². The number of carbonyl (C=O) groups is 1. The van der Waals surface area contributed by atoms with E-state index in [1.807, 2.05) is 48.3 Å². The topological polar surface area (TPSA) is 23.6 Å². The summed E-state index contributed by atoms with van der Waals surface area (Å²) in [5.74, 6) is 0.0880. The highest BCUT2D eigenvalue weighted by Crippen LogP contribution is 2.24. The lowest BCUT2D eigenvalue weighted by Crippen LogP contribution is -2.48. The molecule has 3 nitrogen and oxygen atoms in total. The lowest BCUT2D eigenvalue weighted by atomic mass is 10.0. The fourth-order valence-electron chi connectivity index (χ4n) is 2.49. The summed E-state index contributed by atoms with van der Waals surface area (Å²) < 4.78 is 0. The van der Waals surface area contributed by atoms with Gasteiger partial charge in [-0.05, 0) is 19.5 Å². The second-order valence-corrected chi connectivity index (χ2v) is 5.11. The Hall–Kier alpha value is -1.87. The summed E-state index contributed by atoms with van der Waals surface area (Å²) >= 11 is 0. The third kappa shape index (κ3) is 3.58. The van der Waals surface area contributed by atoms with Gasteiger partial charge >= 0.3 is 0 Å². The molecule has 1 saturated heterocycles. The number of benzene rings is 1. The van der Waals surface area contributed by atoms with Crippen LogP contribution in [0.15, 0.2) is 54.6 Å². The average Bonchev–Trinajstić information content (AvgIpc) is 2.48. The molecule has 0 aromatic heterocycles. The molecule has 0 bridgehead atoms. The van der Waals surface area contributed by atoms with Crippen LogP contribution in [0, 0.1) is 0 Å². The number of hydrogen-bond acceptors (Lipinski definition) is 2. The molecule has 0 spiro atoms. The van der Waals surface area contributed by atoms with E-state index in [0.29, 0.717) is 0 Å². The molecule has 0 saturated carbocycles. The summed E-state index contributed by atoms with van der Waals surface area (Å²) in [5.41, 5.74) is 1.20. The van der Waals surface area contributed by atoms with Crippen molar-refractivity contribution < 1.29 is 4.79 Å². The van der Waals surface area contributed by atoms with Crippen molar-refractivity contribution in [2.45, 2.75) is 13.0 Å². The van der Waals surface area contributed by atoms with E-state index in [9.17, 15) is 4.79 Å². The fraction of sp³-hybridized carbons (Fsp3) is 0.353. The minimum atomic E-state index is 0.0880. The van der Waals surface area contributed by atoms with Crippen LogP contribution >= 0.6 is 0 Å². The van der Waals surface area contributed by atoms with Crippen LogP contribution in [-0.4, -0.2) is 42.4 Å². The zero-order valence-corrected chi connectivity index (χ0v) is 12.2. The first kappa shape index (κ1) is 14.5. The highest BCUT2D eigenvalue weighted by molar-refractivity contribution is 5.88. The first-order valence-electron chi connectivity index (χ1n) is 7.06. The van der Waals surface area contributed by atoms with Gasteiger partial charge in [0.1, 0.15) is 0 Å². The fourth-order valence-corrected chi connectivity index (χ4v) is 2.49. The minimum Gasteiger partial charge on any atom is -0.330 e. The Labute approximate surface area is 121 Å². The van der Waals surface area contributed by atoms with Crippen molar-refractivity contribution in [1.29, 1.82) is 0 Å². The molecule has 1 atom stereocenters. The molecule has 1 aromatic rings. The van der Waals surface area contributed by atoms with Gasteiger partial charge in [-0.1, -0.05) is 48.6 Å². The Kier molecular flexibility index (Phi) is 5.13. The standard InChI is InChI=1S/C17H22N2O/c1-3-4-6-11-17(20)19-13-12-18(2)14-16(19)15-9-7-5-8-10-15/h3-11,16H,12-14H2,1-2H3/b4-3+,11-6+. The molecule has 0 radical (unpaired) electrons. The number of amides is 1. The molecule has 1 amide bonds. The van der Waals surface area contributed by atoms with Crippen molar-refractivity contribution in [3.63, 3.8) is 0 Å². The average molecular weight is 270 g/mol. The van der Waals surface area contributed by atoms with Crippen LogP contribution in [0.4, 0.5) is 0 Å². The molecule has 0 N–H and O–H groups in total. The van der Waals surface area contributed by atoms with Crippen LogP contribution in [0.1, 0.15) is 18.5 Å². The molecule has 2 rings (SSSR count). The van der Waals surface area contributed by atoms with E-state index >= 15 is 0 Å². The zero-order chi connectivity index (χ0) is 14.4. The van der Waals surface area contributed by atoms with Crippen molar-refractivity contribution in [1.82, 2.24) is 9.80 Å². The van der Waals surface area contributed by atoms with Crippen LogP contribution in [0.2, 0.25) is 0 Å². The number of carbonyl (C=O) groups excluding carboxylic acids is 1. The second-order valence-electron chi connectivity index (χ2n) is 5.11. The number of hydrogen-bond donors (Lipinski definition) is 0. The van der Waals surface area contributed by atoms with Crippen LogP contribution < -0.4 is 0 Å². The summed E-state index contributed by atoms with van der Waals surface area (Å²) in [7, 11) is 2.10. The van der Waals surface area contributed by atoms with E-state index in [4.69, 9.17) is 0 Å². The van der Waals surface area contributed by atoms with Crippen LogP contribution in [0.5, 0.6) is 0 Å². The SMILES string of the molecule is C/C=C/C=C/C(=O)N1CCN(C)CC1c1ccccc1. The molecule has 1 aliphatic heterocycles. The van der Waals surface area contributed by atoms with Crippen molar-refractivity contribution in [3.8, 4) is 0 Å². The van der Waals surface area contributed by atoms with E-state index in [1.54, 1.807) is 6.08 Å². The van der Waals surface area contributed by atoms with Gasteiger partial charge in [0.2, 0.25) is 5.91 Å². The number of allylic oxidation sites excluding steroid dienone is 3. The van der Waals surface area contributed by atoms with Gasteiger partial charge in [-0.2, -0.15) is 0 Å². The molecule has 1 aromatic carbocycles. The molecule has 20 heavy (non-hydrogen) atoms. The maximum Gasteiger partial charge on any atom is 0.247 e. The van der Waals surface area contributed by atoms with Crippen LogP contribution in [-0.2, 0) is 4.79 Å². The van der Waals surface area contributed by atoms with E-state index in [2.05, 4.69) is 24.1 Å². The van der Waals surface area contributed by atoms with Crippen molar-refractivity contribution >= 4 is 5.91 Å². The smallest absolute Gasteiger partial charge is 0.247 e. The lowest BCUT2D eigenvalue weighted by Gasteiger charge is -2.39. The van der Waals surface area contributed by atoms with Gasteiger partial charge in [0.15, 0.2) is 0 Å². The molecule has 1 aliphatic rings. The van der Waals surface area contributed by atoms with E-state index in [-0.39, 0.29) is 11.9 Å². The molecular formula is C17H22N2O. The third-order valence-corrected chi connectivity index (χ3v) is 3.59. The summed E-state index contributed by atoms with van der Waals surface area (Å²) in [5, 5.41) is 0. The minimum absolute atomic E-state index is 0.0880.